The second-order valence-corrected chi connectivity index (χ2v) is 7.04. The first-order chi connectivity index (χ1) is 11.4. The van der Waals surface area contributed by atoms with E-state index in [0.29, 0.717) is 19.1 Å². The second-order valence-electron chi connectivity index (χ2n) is 7.04. The van der Waals surface area contributed by atoms with E-state index in [9.17, 15) is 4.79 Å². The first kappa shape index (κ1) is 15.6. The summed E-state index contributed by atoms with van der Waals surface area (Å²) in [5.74, 6) is -0.0212. The SMILES string of the molecule is CC1CCn2c(=O)c(OCC3COC(C)(C)O3)nc3cccc1c32. The minimum Gasteiger partial charge on any atom is -0.471 e. The molecule has 1 aromatic carbocycles. The van der Waals surface area contributed by atoms with Crippen LogP contribution in [0, 0.1) is 0 Å². The molecule has 6 nitrogen and oxygen atoms in total. The fourth-order valence-corrected chi connectivity index (χ4v) is 3.51. The van der Waals surface area contributed by atoms with Gasteiger partial charge in [-0.2, -0.15) is 0 Å². The summed E-state index contributed by atoms with van der Waals surface area (Å²) in [5.41, 5.74) is 2.76. The topological polar surface area (TPSA) is 62.6 Å². The molecule has 4 rings (SSSR count). The van der Waals surface area contributed by atoms with Crippen molar-refractivity contribution in [3.8, 4) is 5.88 Å². The molecule has 2 aliphatic rings. The number of aromatic nitrogens is 2. The Kier molecular flexibility index (Phi) is 3.62. The molecule has 1 saturated heterocycles. The van der Waals surface area contributed by atoms with Crippen molar-refractivity contribution in [1.82, 2.24) is 9.55 Å². The van der Waals surface area contributed by atoms with Gasteiger partial charge in [0.15, 0.2) is 5.79 Å². The molecule has 0 N–H and O–H groups in total. The molecule has 128 valence electrons. The van der Waals surface area contributed by atoms with Crippen molar-refractivity contribution in [2.45, 2.75) is 51.5 Å². The van der Waals surface area contributed by atoms with Crippen LogP contribution in [-0.4, -0.2) is 34.7 Å². The highest BCUT2D eigenvalue weighted by molar-refractivity contribution is 5.80. The summed E-state index contributed by atoms with van der Waals surface area (Å²) in [4.78, 5) is 17.2. The third-order valence-electron chi connectivity index (χ3n) is 4.76. The number of aryl methyl sites for hydroxylation is 1. The van der Waals surface area contributed by atoms with Crippen LogP contribution in [-0.2, 0) is 16.0 Å². The largest absolute Gasteiger partial charge is 0.471 e. The van der Waals surface area contributed by atoms with Crippen molar-refractivity contribution in [2.75, 3.05) is 13.2 Å². The van der Waals surface area contributed by atoms with Crippen LogP contribution < -0.4 is 10.3 Å². The van der Waals surface area contributed by atoms with E-state index >= 15 is 0 Å². The van der Waals surface area contributed by atoms with Crippen molar-refractivity contribution in [2.24, 2.45) is 0 Å². The Labute approximate surface area is 140 Å². The maximum absolute atomic E-state index is 12.7. The van der Waals surface area contributed by atoms with Crippen LogP contribution in [0.4, 0.5) is 0 Å². The number of hydrogen-bond donors (Lipinski definition) is 0. The van der Waals surface area contributed by atoms with Gasteiger partial charge in [0.2, 0.25) is 0 Å². The summed E-state index contributed by atoms with van der Waals surface area (Å²) in [6.45, 7) is 7.32. The van der Waals surface area contributed by atoms with Gasteiger partial charge in [0, 0.05) is 6.54 Å². The van der Waals surface area contributed by atoms with Crippen LogP contribution in [0.1, 0.15) is 38.7 Å². The van der Waals surface area contributed by atoms with E-state index < -0.39 is 5.79 Å². The van der Waals surface area contributed by atoms with E-state index in [4.69, 9.17) is 14.2 Å². The predicted octanol–water partition coefficient (Wildman–Crippen LogP) is 2.43. The van der Waals surface area contributed by atoms with E-state index in [-0.39, 0.29) is 24.2 Å². The predicted molar refractivity (Wildman–Crippen MR) is 89.4 cm³/mol. The van der Waals surface area contributed by atoms with E-state index in [1.54, 1.807) is 4.57 Å². The summed E-state index contributed by atoms with van der Waals surface area (Å²) in [6.07, 6.45) is 0.757. The van der Waals surface area contributed by atoms with Crippen molar-refractivity contribution in [3.63, 3.8) is 0 Å². The van der Waals surface area contributed by atoms with Gasteiger partial charge < -0.3 is 18.8 Å². The molecule has 6 heteroatoms. The summed E-state index contributed by atoms with van der Waals surface area (Å²) in [6, 6.07) is 6.00. The molecular weight excluding hydrogens is 308 g/mol. The fraction of sp³-hybridized carbons (Fsp3) is 0.556. The van der Waals surface area contributed by atoms with E-state index in [1.807, 2.05) is 26.0 Å². The fourth-order valence-electron chi connectivity index (χ4n) is 3.51. The number of benzene rings is 1. The van der Waals surface area contributed by atoms with Crippen LogP contribution in [0.3, 0.4) is 0 Å². The molecule has 1 aromatic heterocycles. The van der Waals surface area contributed by atoms with E-state index in [1.165, 1.54) is 5.56 Å². The number of ether oxygens (including phenoxy) is 3. The van der Waals surface area contributed by atoms with Crippen molar-refractivity contribution < 1.29 is 14.2 Å². The van der Waals surface area contributed by atoms with Gasteiger partial charge in [-0.15, -0.1) is 0 Å². The summed E-state index contributed by atoms with van der Waals surface area (Å²) < 4.78 is 18.7. The maximum atomic E-state index is 12.7. The molecule has 3 heterocycles. The molecule has 2 atom stereocenters. The van der Waals surface area contributed by atoms with Gasteiger partial charge >= 0.3 is 5.56 Å². The van der Waals surface area contributed by atoms with E-state index in [0.717, 1.165) is 17.5 Å². The van der Waals surface area contributed by atoms with Crippen LogP contribution in [0.2, 0.25) is 0 Å². The van der Waals surface area contributed by atoms with Crippen molar-refractivity contribution in [1.29, 1.82) is 0 Å². The molecule has 0 amide bonds. The molecule has 0 aliphatic carbocycles. The van der Waals surface area contributed by atoms with Crippen LogP contribution in [0.25, 0.3) is 11.0 Å². The zero-order chi connectivity index (χ0) is 16.9. The smallest absolute Gasteiger partial charge is 0.313 e. The highest BCUT2D eigenvalue weighted by atomic mass is 16.7. The average molecular weight is 330 g/mol. The molecule has 0 bridgehead atoms. The first-order valence-electron chi connectivity index (χ1n) is 8.42. The summed E-state index contributed by atoms with van der Waals surface area (Å²) >= 11 is 0. The Morgan fingerprint density at radius 1 is 1.42 bits per heavy atom. The van der Waals surface area contributed by atoms with Crippen molar-refractivity contribution >= 4 is 11.0 Å². The highest BCUT2D eigenvalue weighted by Crippen LogP contribution is 2.31. The zero-order valence-electron chi connectivity index (χ0n) is 14.2. The minimum absolute atomic E-state index is 0.141. The van der Waals surface area contributed by atoms with Crippen LogP contribution >= 0.6 is 0 Å². The molecule has 24 heavy (non-hydrogen) atoms. The molecule has 1 fully saturated rings. The molecule has 0 radical (unpaired) electrons. The van der Waals surface area contributed by atoms with Gasteiger partial charge in [0.25, 0.3) is 5.88 Å². The van der Waals surface area contributed by atoms with E-state index in [2.05, 4.69) is 18.0 Å². The lowest BCUT2D eigenvalue weighted by Crippen LogP contribution is -2.30. The monoisotopic (exact) mass is 330 g/mol. The zero-order valence-corrected chi connectivity index (χ0v) is 14.2. The molecule has 0 saturated carbocycles. The molecule has 2 aliphatic heterocycles. The molecular formula is C18H22N2O4. The second kappa shape index (κ2) is 5.57. The number of rotatable bonds is 3. The number of nitrogens with zero attached hydrogens (tertiary/aromatic N) is 2. The van der Waals surface area contributed by atoms with Gasteiger partial charge in [-0.25, -0.2) is 4.98 Å². The Hall–Kier alpha value is -1.92. The number of para-hydroxylation sites is 1. The Morgan fingerprint density at radius 2 is 2.25 bits per heavy atom. The highest BCUT2D eigenvalue weighted by Gasteiger charge is 2.33. The maximum Gasteiger partial charge on any atom is 0.313 e. The van der Waals surface area contributed by atoms with Crippen LogP contribution in [0.15, 0.2) is 23.0 Å². The number of hydrogen-bond acceptors (Lipinski definition) is 5. The average Bonchev–Trinajstić information content (AvgIpc) is 2.90. The Morgan fingerprint density at radius 3 is 3.00 bits per heavy atom. The molecule has 2 unspecified atom stereocenters. The molecule has 2 aromatic rings. The van der Waals surface area contributed by atoms with Crippen molar-refractivity contribution in [3.05, 3.63) is 34.1 Å². The van der Waals surface area contributed by atoms with Gasteiger partial charge in [0.1, 0.15) is 12.7 Å². The standard InChI is InChI=1S/C18H22N2O4/c1-11-7-8-20-15-13(11)5-4-6-14(15)19-16(17(20)21)22-9-12-10-23-18(2,3)24-12/h4-6,11-12H,7-10H2,1-3H3. The van der Waals surface area contributed by atoms with Gasteiger partial charge in [-0.1, -0.05) is 19.1 Å². The Bertz CT molecular complexity index is 843. The normalized spacial score (nSPS) is 25.1. The lowest BCUT2D eigenvalue weighted by Gasteiger charge is -2.24. The lowest BCUT2D eigenvalue weighted by molar-refractivity contribution is -0.141. The Balaban J connectivity index is 1.66. The van der Waals surface area contributed by atoms with Gasteiger partial charge in [-0.05, 0) is 37.8 Å². The summed E-state index contributed by atoms with van der Waals surface area (Å²) in [7, 11) is 0. The van der Waals surface area contributed by atoms with Gasteiger partial charge in [-0.3, -0.25) is 4.79 Å². The van der Waals surface area contributed by atoms with Crippen LogP contribution in [0.5, 0.6) is 5.88 Å². The third kappa shape index (κ3) is 2.59. The summed E-state index contributed by atoms with van der Waals surface area (Å²) in [5, 5.41) is 0. The lowest BCUT2D eigenvalue weighted by atomic mass is 9.93. The quantitative estimate of drug-likeness (QED) is 0.865. The van der Waals surface area contributed by atoms with Gasteiger partial charge in [0.05, 0.1) is 17.6 Å². The third-order valence-corrected chi connectivity index (χ3v) is 4.76. The first-order valence-corrected chi connectivity index (χ1v) is 8.42. The molecule has 0 spiro atoms. The minimum atomic E-state index is -0.600.